The average molecular weight is 501 g/mol. The van der Waals surface area contributed by atoms with Gasteiger partial charge in [-0.15, -0.1) is 11.3 Å². The van der Waals surface area contributed by atoms with Crippen LogP contribution in [0.25, 0.3) is 0 Å². The summed E-state index contributed by atoms with van der Waals surface area (Å²) in [7, 11) is 0. The van der Waals surface area contributed by atoms with E-state index in [1.54, 1.807) is 23.6 Å². The van der Waals surface area contributed by atoms with Crippen molar-refractivity contribution >= 4 is 33.1 Å². The van der Waals surface area contributed by atoms with Gasteiger partial charge in [-0.05, 0) is 30.5 Å². The lowest BCUT2D eigenvalue weighted by atomic mass is 9.95. The van der Waals surface area contributed by atoms with E-state index >= 15 is 0 Å². The number of thiazole rings is 1. The Bertz CT molecular complexity index is 1080. The van der Waals surface area contributed by atoms with Gasteiger partial charge >= 0.3 is 0 Å². The Balaban J connectivity index is 1.59. The van der Waals surface area contributed by atoms with Gasteiger partial charge in [-0.25, -0.2) is 9.37 Å². The summed E-state index contributed by atoms with van der Waals surface area (Å²) < 4.78 is 20.0. The standard InChI is InChI=1S/C23H22BrFN4OS/c24-19-13-16(25)4-6-17(19)21-18(5-3-15-1-2-15)20(14-29-8-10-30-11-9-29)27-22(28-21)23-26-7-12-31-23/h4,6-7,12-13,15,21H,1-2,8-11,14H2,(H,27,28)/t21-/m1/s1. The highest BCUT2D eigenvalue weighted by atomic mass is 79.9. The first-order valence-corrected chi connectivity index (χ1v) is 12.1. The molecule has 8 heteroatoms. The van der Waals surface area contributed by atoms with E-state index in [4.69, 9.17) is 9.73 Å². The minimum atomic E-state index is -0.322. The second-order valence-electron chi connectivity index (χ2n) is 7.83. The number of hydrogen-bond donors (Lipinski definition) is 1. The van der Waals surface area contributed by atoms with Crippen molar-refractivity contribution in [3.63, 3.8) is 0 Å². The molecule has 160 valence electrons. The molecule has 31 heavy (non-hydrogen) atoms. The number of nitrogens with one attached hydrogen (secondary N) is 1. The first kappa shape index (κ1) is 20.8. The Hall–Kier alpha value is -2.05. The van der Waals surface area contributed by atoms with Crippen molar-refractivity contribution < 1.29 is 9.13 Å². The van der Waals surface area contributed by atoms with Crippen LogP contribution in [0.15, 0.2) is 50.5 Å². The minimum absolute atomic E-state index is 0.281. The fourth-order valence-electron chi connectivity index (χ4n) is 3.66. The maximum Gasteiger partial charge on any atom is 0.163 e. The number of aliphatic imine (C=N–C) groups is 1. The number of amidine groups is 1. The molecule has 0 spiro atoms. The van der Waals surface area contributed by atoms with E-state index in [-0.39, 0.29) is 11.9 Å². The number of benzene rings is 1. The monoisotopic (exact) mass is 500 g/mol. The molecule has 0 bridgehead atoms. The molecule has 1 saturated heterocycles. The lowest BCUT2D eigenvalue weighted by molar-refractivity contribution is 0.0417. The minimum Gasteiger partial charge on any atom is -0.379 e. The highest BCUT2D eigenvalue weighted by molar-refractivity contribution is 9.10. The number of ether oxygens (including phenoxy) is 1. The summed E-state index contributed by atoms with van der Waals surface area (Å²) in [4.78, 5) is 11.8. The summed E-state index contributed by atoms with van der Waals surface area (Å²) >= 11 is 5.09. The van der Waals surface area contributed by atoms with Crippen LogP contribution in [0.3, 0.4) is 0 Å². The molecule has 5 rings (SSSR count). The fourth-order valence-corrected chi connectivity index (χ4v) is 4.81. The van der Waals surface area contributed by atoms with Gasteiger partial charge in [0.15, 0.2) is 10.8 Å². The van der Waals surface area contributed by atoms with Gasteiger partial charge in [0.25, 0.3) is 0 Å². The normalized spacial score (nSPS) is 21.9. The molecule has 5 nitrogen and oxygen atoms in total. The molecule has 0 radical (unpaired) electrons. The highest BCUT2D eigenvalue weighted by Gasteiger charge is 2.30. The molecule has 3 aliphatic rings. The molecule has 2 fully saturated rings. The van der Waals surface area contributed by atoms with Gasteiger partial charge in [0.2, 0.25) is 0 Å². The number of morpholine rings is 1. The number of hydrogen-bond acceptors (Lipinski definition) is 6. The van der Waals surface area contributed by atoms with Gasteiger partial charge in [-0.1, -0.05) is 33.8 Å². The lowest BCUT2D eigenvalue weighted by Gasteiger charge is -2.32. The van der Waals surface area contributed by atoms with E-state index < -0.39 is 0 Å². The van der Waals surface area contributed by atoms with Crippen molar-refractivity contribution in [1.29, 1.82) is 0 Å². The van der Waals surface area contributed by atoms with Crippen LogP contribution >= 0.6 is 27.3 Å². The Kier molecular flexibility index (Phi) is 6.19. The van der Waals surface area contributed by atoms with Crippen LogP contribution < -0.4 is 5.32 Å². The lowest BCUT2D eigenvalue weighted by Crippen LogP contribution is -2.42. The molecule has 0 unspecified atom stereocenters. The summed E-state index contributed by atoms with van der Waals surface area (Å²) in [6.07, 6.45) is 4.09. The molecular formula is C23H22BrFN4OS. The topological polar surface area (TPSA) is 49.8 Å². The van der Waals surface area contributed by atoms with Crippen LogP contribution in [0, 0.1) is 23.6 Å². The Morgan fingerprint density at radius 1 is 1.29 bits per heavy atom. The summed E-state index contributed by atoms with van der Waals surface area (Å²) in [6, 6.07) is 4.44. The van der Waals surface area contributed by atoms with E-state index in [2.05, 4.69) is 43.0 Å². The second-order valence-corrected chi connectivity index (χ2v) is 9.58. The number of nitrogens with zero attached hydrogens (tertiary/aromatic N) is 3. The molecule has 3 heterocycles. The summed E-state index contributed by atoms with van der Waals surface area (Å²) in [5, 5.41) is 6.30. The fraction of sp³-hybridized carbons (Fsp3) is 0.391. The Labute approximate surface area is 193 Å². The quantitative estimate of drug-likeness (QED) is 0.641. The van der Waals surface area contributed by atoms with Gasteiger partial charge in [-0.2, -0.15) is 0 Å². The van der Waals surface area contributed by atoms with Crippen LogP contribution in [0.4, 0.5) is 4.39 Å². The van der Waals surface area contributed by atoms with Crippen molar-refractivity contribution in [2.45, 2.75) is 18.9 Å². The summed E-state index contributed by atoms with van der Waals surface area (Å²) in [5.74, 6) is 7.78. The number of halogens is 2. The van der Waals surface area contributed by atoms with Gasteiger partial charge in [0, 0.05) is 47.3 Å². The second kappa shape index (κ2) is 9.21. The molecular weight excluding hydrogens is 479 g/mol. The van der Waals surface area contributed by atoms with Gasteiger partial charge < -0.3 is 10.1 Å². The third-order valence-electron chi connectivity index (χ3n) is 5.49. The molecule has 1 aromatic carbocycles. The molecule has 1 aromatic heterocycles. The first-order valence-electron chi connectivity index (χ1n) is 10.4. The summed E-state index contributed by atoms with van der Waals surface area (Å²) in [6.45, 7) is 3.96. The van der Waals surface area contributed by atoms with Crippen LogP contribution in [0.5, 0.6) is 0 Å². The zero-order valence-corrected chi connectivity index (χ0v) is 19.3. The van der Waals surface area contributed by atoms with Crippen molar-refractivity contribution in [3.05, 3.63) is 61.9 Å². The third kappa shape index (κ3) is 4.90. The molecule has 1 N–H and O–H groups in total. The van der Waals surface area contributed by atoms with Crippen molar-refractivity contribution in [2.75, 3.05) is 32.8 Å². The van der Waals surface area contributed by atoms with Gasteiger partial charge in [-0.3, -0.25) is 9.89 Å². The molecule has 1 aliphatic carbocycles. The zero-order chi connectivity index (χ0) is 21.2. The first-order chi connectivity index (χ1) is 15.2. The van der Waals surface area contributed by atoms with E-state index in [9.17, 15) is 4.39 Å². The van der Waals surface area contributed by atoms with Crippen LogP contribution in [0.1, 0.15) is 29.5 Å². The van der Waals surface area contributed by atoms with E-state index in [1.807, 2.05) is 5.38 Å². The zero-order valence-electron chi connectivity index (χ0n) is 16.9. The van der Waals surface area contributed by atoms with Crippen molar-refractivity contribution in [3.8, 4) is 11.8 Å². The molecule has 2 aliphatic heterocycles. The van der Waals surface area contributed by atoms with E-state index in [0.29, 0.717) is 10.4 Å². The average Bonchev–Trinajstić information content (AvgIpc) is 3.43. The van der Waals surface area contributed by atoms with E-state index in [1.165, 1.54) is 12.1 Å². The maximum absolute atomic E-state index is 13.8. The van der Waals surface area contributed by atoms with Crippen LogP contribution in [-0.2, 0) is 4.74 Å². The SMILES string of the molecule is Fc1ccc([C@H]2N=C(c3nccs3)NC(CN3CCOCC3)=C2C#CC2CC2)c(Br)c1. The highest BCUT2D eigenvalue weighted by Crippen LogP contribution is 2.37. The van der Waals surface area contributed by atoms with E-state index in [0.717, 1.165) is 73.4 Å². The largest absolute Gasteiger partial charge is 0.379 e. The Morgan fingerprint density at radius 2 is 2.13 bits per heavy atom. The summed E-state index contributed by atoms with van der Waals surface area (Å²) in [5.41, 5.74) is 2.89. The number of rotatable bonds is 4. The number of aromatic nitrogens is 1. The third-order valence-corrected chi connectivity index (χ3v) is 6.96. The maximum atomic E-state index is 13.8. The van der Waals surface area contributed by atoms with Crippen molar-refractivity contribution in [1.82, 2.24) is 15.2 Å². The smallest absolute Gasteiger partial charge is 0.163 e. The Morgan fingerprint density at radius 3 is 2.84 bits per heavy atom. The molecule has 0 amide bonds. The molecule has 2 aromatic rings. The predicted octanol–water partition coefficient (Wildman–Crippen LogP) is 4.14. The molecule has 1 atom stereocenters. The predicted molar refractivity (Wildman–Crippen MR) is 123 cm³/mol. The van der Waals surface area contributed by atoms with Gasteiger partial charge in [0.05, 0.1) is 18.8 Å². The molecule has 1 saturated carbocycles. The van der Waals surface area contributed by atoms with Gasteiger partial charge in [0.1, 0.15) is 11.9 Å². The van der Waals surface area contributed by atoms with Crippen molar-refractivity contribution in [2.24, 2.45) is 10.9 Å². The van der Waals surface area contributed by atoms with Crippen LogP contribution in [0.2, 0.25) is 0 Å². The van der Waals surface area contributed by atoms with Crippen LogP contribution in [-0.4, -0.2) is 48.6 Å².